The lowest BCUT2D eigenvalue weighted by atomic mass is 10.1. The fourth-order valence-electron chi connectivity index (χ4n) is 3.07. The summed E-state index contributed by atoms with van der Waals surface area (Å²) in [7, 11) is 0. The fourth-order valence-corrected chi connectivity index (χ4v) is 3.28. The standard InChI is InChI=1S/C18H22ClFN4O2/c1-11-9-23(17(25)26-18(2,3)4)5-6-24(11)16-13-7-12(19)8-14(20)15(13)21-10-22-16/h7-8,10-11H,5-6,9H2,1-4H3/t11-/m1/s1. The number of anilines is 1. The number of rotatable bonds is 1. The number of aromatic nitrogens is 2. The number of fused-ring (bicyclic) bond motifs is 1. The van der Waals surface area contributed by atoms with E-state index < -0.39 is 11.4 Å². The summed E-state index contributed by atoms with van der Waals surface area (Å²) in [6.45, 7) is 9.06. The molecule has 0 spiro atoms. The predicted molar refractivity (Wildman–Crippen MR) is 99.1 cm³/mol. The Labute approximate surface area is 156 Å². The Morgan fingerprint density at radius 1 is 1.31 bits per heavy atom. The van der Waals surface area contributed by atoms with Crippen LogP contribution in [0.4, 0.5) is 15.0 Å². The van der Waals surface area contributed by atoms with Crippen molar-refractivity contribution in [1.82, 2.24) is 14.9 Å². The first kappa shape index (κ1) is 18.6. The van der Waals surface area contributed by atoms with Crippen molar-refractivity contribution < 1.29 is 13.9 Å². The maximum Gasteiger partial charge on any atom is 0.410 e. The van der Waals surface area contributed by atoms with Crippen molar-refractivity contribution in [3.63, 3.8) is 0 Å². The van der Waals surface area contributed by atoms with Gasteiger partial charge in [-0.1, -0.05) is 11.6 Å². The van der Waals surface area contributed by atoms with Crippen LogP contribution in [0.3, 0.4) is 0 Å². The van der Waals surface area contributed by atoms with Crippen molar-refractivity contribution in [1.29, 1.82) is 0 Å². The van der Waals surface area contributed by atoms with E-state index in [1.54, 1.807) is 11.0 Å². The van der Waals surface area contributed by atoms with Gasteiger partial charge in [-0.05, 0) is 39.8 Å². The van der Waals surface area contributed by atoms with Crippen molar-refractivity contribution >= 4 is 34.4 Å². The number of benzene rings is 1. The largest absolute Gasteiger partial charge is 0.444 e. The zero-order chi connectivity index (χ0) is 19.1. The van der Waals surface area contributed by atoms with Gasteiger partial charge >= 0.3 is 6.09 Å². The molecule has 1 amide bonds. The topological polar surface area (TPSA) is 58.6 Å². The second kappa shape index (κ2) is 6.87. The van der Waals surface area contributed by atoms with Gasteiger partial charge in [0.25, 0.3) is 0 Å². The smallest absolute Gasteiger partial charge is 0.410 e. The Balaban J connectivity index is 1.85. The zero-order valence-electron chi connectivity index (χ0n) is 15.3. The molecule has 2 aromatic rings. The van der Waals surface area contributed by atoms with E-state index in [0.717, 1.165) is 0 Å². The molecule has 1 saturated heterocycles. The number of hydrogen-bond donors (Lipinski definition) is 0. The highest BCUT2D eigenvalue weighted by Crippen LogP contribution is 2.30. The van der Waals surface area contributed by atoms with Gasteiger partial charge < -0.3 is 14.5 Å². The summed E-state index contributed by atoms with van der Waals surface area (Å²) < 4.78 is 19.6. The first-order valence-corrected chi connectivity index (χ1v) is 8.88. The summed E-state index contributed by atoms with van der Waals surface area (Å²) in [6, 6.07) is 2.89. The average Bonchev–Trinajstić information content (AvgIpc) is 2.53. The zero-order valence-corrected chi connectivity index (χ0v) is 16.0. The Bertz CT molecular complexity index is 840. The maximum absolute atomic E-state index is 14.2. The van der Waals surface area contributed by atoms with Crippen LogP contribution in [0.5, 0.6) is 0 Å². The fraction of sp³-hybridized carbons (Fsp3) is 0.500. The number of nitrogens with zero attached hydrogens (tertiary/aromatic N) is 4. The molecule has 0 bridgehead atoms. The number of carbonyl (C=O) groups excluding carboxylic acids is 1. The molecule has 0 N–H and O–H groups in total. The molecule has 0 saturated carbocycles. The Hall–Kier alpha value is -2.15. The molecule has 0 unspecified atom stereocenters. The molecule has 6 nitrogen and oxygen atoms in total. The number of halogens is 2. The summed E-state index contributed by atoms with van der Waals surface area (Å²) in [5.74, 6) is 0.143. The van der Waals surface area contributed by atoms with Crippen LogP contribution in [-0.4, -0.2) is 52.2 Å². The summed E-state index contributed by atoms with van der Waals surface area (Å²) in [6.07, 6.45) is 1.02. The van der Waals surface area contributed by atoms with Crippen LogP contribution >= 0.6 is 11.6 Å². The molecule has 1 atom stereocenters. The Morgan fingerprint density at radius 3 is 2.69 bits per heavy atom. The van der Waals surface area contributed by atoms with Crippen LogP contribution in [0.2, 0.25) is 5.02 Å². The normalized spacial score (nSPS) is 18.3. The summed E-state index contributed by atoms with van der Waals surface area (Å²) in [5, 5.41) is 0.862. The molecule has 1 aromatic heterocycles. The molecule has 1 aliphatic heterocycles. The molecule has 0 aliphatic carbocycles. The molecule has 1 aliphatic rings. The predicted octanol–water partition coefficient (Wildman–Crippen LogP) is 3.87. The number of hydrogen-bond acceptors (Lipinski definition) is 5. The van der Waals surface area contributed by atoms with E-state index in [1.165, 1.54) is 12.4 Å². The van der Waals surface area contributed by atoms with Gasteiger partial charge in [0.1, 0.15) is 23.3 Å². The van der Waals surface area contributed by atoms with Gasteiger partial charge in [0.15, 0.2) is 5.82 Å². The minimum Gasteiger partial charge on any atom is -0.444 e. The van der Waals surface area contributed by atoms with Crippen LogP contribution in [0.15, 0.2) is 18.5 Å². The summed E-state index contributed by atoms with van der Waals surface area (Å²) >= 11 is 6.01. The summed E-state index contributed by atoms with van der Waals surface area (Å²) in [5.41, 5.74) is -0.296. The lowest BCUT2D eigenvalue weighted by Gasteiger charge is -2.41. The first-order chi connectivity index (χ1) is 12.2. The highest BCUT2D eigenvalue weighted by Gasteiger charge is 2.31. The van der Waals surface area contributed by atoms with E-state index in [-0.39, 0.29) is 17.7 Å². The highest BCUT2D eigenvalue weighted by atomic mass is 35.5. The molecule has 8 heteroatoms. The van der Waals surface area contributed by atoms with Gasteiger partial charge in [-0.2, -0.15) is 0 Å². The van der Waals surface area contributed by atoms with Crippen molar-refractivity contribution in [3.05, 3.63) is 29.3 Å². The molecule has 2 heterocycles. The van der Waals surface area contributed by atoms with E-state index >= 15 is 0 Å². The van der Waals surface area contributed by atoms with Gasteiger partial charge in [-0.25, -0.2) is 19.2 Å². The Kier molecular flexibility index (Phi) is 4.92. The van der Waals surface area contributed by atoms with Crippen LogP contribution < -0.4 is 4.90 Å². The van der Waals surface area contributed by atoms with Crippen molar-refractivity contribution in [2.24, 2.45) is 0 Å². The van der Waals surface area contributed by atoms with Gasteiger partial charge in [0, 0.05) is 36.1 Å². The number of piperazine rings is 1. The number of ether oxygens (including phenoxy) is 1. The van der Waals surface area contributed by atoms with Gasteiger partial charge in [-0.15, -0.1) is 0 Å². The lowest BCUT2D eigenvalue weighted by Crippen LogP contribution is -2.54. The van der Waals surface area contributed by atoms with E-state index in [1.807, 2.05) is 32.6 Å². The second-order valence-electron chi connectivity index (χ2n) is 7.45. The van der Waals surface area contributed by atoms with E-state index in [4.69, 9.17) is 16.3 Å². The van der Waals surface area contributed by atoms with Crippen molar-refractivity contribution in [2.45, 2.75) is 39.3 Å². The molecule has 1 fully saturated rings. The van der Waals surface area contributed by atoms with Crippen molar-refractivity contribution in [3.8, 4) is 0 Å². The lowest BCUT2D eigenvalue weighted by molar-refractivity contribution is 0.0218. The van der Waals surface area contributed by atoms with Crippen LogP contribution in [0.25, 0.3) is 10.9 Å². The van der Waals surface area contributed by atoms with Crippen molar-refractivity contribution in [2.75, 3.05) is 24.5 Å². The molecule has 140 valence electrons. The average molecular weight is 381 g/mol. The third-order valence-electron chi connectivity index (χ3n) is 4.19. The van der Waals surface area contributed by atoms with Gasteiger partial charge in [0.2, 0.25) is 0 Å². The second-order valence-corrected chi connectivity index (χ2v) is 7.89. The minimum absolute atomic E-state index is 0.0172. The summed E-state index contributed by atoms with van der Waals surface area (Å²) in [4.78, 5) is 24.4. The quantitative estimate of drug-likeness (QED) is 0.751. The molecule has 1 aromatic carbocycles. The van der Waals surface area contributed by atoms with Gasteiger partial charge in [0.05, 0.1) is 0 Å². The number of carbonyl (C=O) groups is 1. The third kappa shape index (κ3) is 3.82. The molecule has 3 rings (SSSR count). The maximum atomic E-state index is 14.2. The van der Waals surface area contributed by atoms with Crippen LogP contribution in [0, 0.1) is 5.82 Å². The monoisotopic (exact) mass is 380 g/mol. The highest BCUT2D eigenvalue weighted by molar-refractivity contribution is 6.31. The SMILES string of the molecule is C[C@@H]1CN(C(=O)OC(C)(C)C)CCN1c1ncnc2c(F)cc(Cl)cc12. The molecular weight excluding hydrogens is 359 g/mol. The molecule has 26 heavy (non-hydrogen) atoms. The van der Waals surface area contributed by atoms with Crippen LogP contribution in [-0.2, 0) is 4.74 Å². The molecular formula is C18H22ClFN4O2. The molecule has 0 radical (unpaired) electrons. The minimum atomic E-state index is -0.533. The first-order valence-electron chi connectivity index (χ1n) is 8.50. The van der Waals surface area contributed by atoms with Gasteiger partial charge in [-0.3, -0.25) is 0 Å². The Morgan fingerprint density at radius 2 is 2.04 bits per heavy atom. The van der Waals surface area contributed by atoms with E-state index in [0.29, 0.717) is 35.9 Å². The third-order valence-corrected chi connectivity index (χ3v) is 4.41. The number of amides is 1. The van der Waals surface area contributed by atoms with Crippen LogP contribution in [0.1, 0.15) is 27.7 Å². The van der Waals surface area contributed by atoms with E-state index in [9.17, 15) is 9.18 Å². The van der Waals surface area contributed by atoms with E-state index in [2.05, 4.69) is 9.97 Å².